The highest BCUT2D eigenvalue weighted by Gasteiger charge is 2.15. The van der Waals surface area contributed by atoms with E-state index in [0.717, 1.165) is 0 Å². The highest BCUT2D eigenvalue weighted by Crippen LogP contribution is 2.22. The zero-order valence-electron chi connectivity index (χ0n) is 10.8. The van der Waals surface area contributed by atoms with Gasteiger partial charge in [0.1, 0.15) is 0 Å². The molecule has 19 heavy (non-hydrogen) atoms. The average Bonchev–Trinajstić information content (AvgIpc) is 2.37. The Balaban J connectivity index is 2.93. The van der Waals surface area contributed by atoms with Crippen LogP contribution >= 0.6 is 0 Å². The topological polar surface area (TPSA) is 92.6 Å². The summed E-state index contributed by atoms with van der Waals surface area (Å²) in [5.41, 5.74) is 0.314. The number of nitro groups is 1. The van der Waals surface area contributed by atoms with Crippen molar-refractivity contribution in [2.45, 2.75) is 6.92 Å². The molecule has 0 saturated heterocycles. The van der Waals surface area contributed by atoms with E-state index < -0.39 is 4.92 Å². The summed E-state index contributed by atoms with van der Waals surface area (Å²) in [6, 6.07) is 4.15. The Bertz CT molecular complexity index is 502. The van der Waals surface area contributed by atoms with E-state index in [1.807, 2.05) is 6.92 Å². The minimum atomic E-state index is -0.614. The first-order valence-corrected chi connectivity index (χ1v) is 5.71. The number of carbonyl (C=O) groups is 2. The summed E-state index contributed by atoms with van der Waals surface area (Å²) in [7, 11) is 1.67. The molecule has 7 heteroatoms. The summed E-state index contributed by atoms with van der Waals surface area (Å²) < 4.78 is 0. The first kappa shape index (κ1) is 14.6. The van der Waals surface area contributed by atoms with Crippen LogP contribution in [-0.2, 0) is 4.79 Å². The third-order valence-corrected chi connectivity index (χ3v) is 2.53. The van der Waals surface area contributed by atoms with Gasteiger partial charge in [-0.15, -0.1) is 0 Å². The normalized spacial score (nSPS) is 9.79. The second-order valence-corrected chi connectivity index (χ2v) is 3.93. The van der Waals surface area contributed by atoms with Gasteiger partial charge in [0.25, 0.3) is 5.69 Å². The van der Waals surface area contributed by atoms with Crippen LogP contribution in [0.2, 0.25) is 0 Å². The molecule has 0 spiro atoms. The van der Waals surface area contributed by atoms with E-state index in [2.05, 4.69) is 5.32 Å². The van der Waals surface area contributed by atoms with Crippen LogP contribution < -0.4 is 10.2 Å². The van der Waals surface area contributed by atoms with Crippen molar-refractivity contribution in [3.63, 3.8) is 0 Å². The number of benzene rings is 1. The summed E-state index contributed by atoms with van der Waals surface area (Å²) in [6.07, 6.45) is 0.432. The highest BCUT2D eigenvalue weighted by molar-refractivity contribution is 5.85. The molecule has 0 aliphatic heterocycles. The maximum Gasteiger partial charge on any atom is 0.280 e. The third-order valence-electron chi connectivity index (χ3n) is 2.53. The van der Waals surface area contributed by atoms with Gasteiger partial charge in [-0.2, -0.15) is 0 Å². The van der Waals surface area contributed by atoms with Gasteiger partial charge in [-0.1, -0.05) is 0 Å². The molecule has 0 aliphatic carbocycles. The Labute approximate surface area is 110 Å². The van der Waals surface area contributed by atoms with Crippen LogP contribution in [0, 0.1) is 10.1 Å². The lowest BCUT2D eigenvalue weighted by molar-refractivity contribution is -0.385. The zero-order valence-corrected chi connectivity index (χ0v) is 10.8. The number of hydrogen-bond donors (Lipinski definition) is 1. The number of rotatable bonds is 6. The molecule has 1 aromatic rings. The molecule has 0 aromatic heterocycles. The van der Waals surface area contributed by atoms with Crippen LogP contribution in [0.15, 0.2) is 18.2 Å². The quantitative estimate of drug-likeness (QED) is 0.470. The molecule has 0 heterocycles. The van der Waals surface area contributed by atoms with Crippen molar-refractivity contribution in [3.05, 3.63) is 33.9 Å². The smallest absolute Gasteiger partial charge is 0.280 e. The van der Waals surface area contributed by atoms with Crippen molar-refractivity contribution >= 4 is 23.6 Å². The molecule has 1 amide bonds. The van der Waals surface area contributed by atoms with Crippen molar-refractivity contribution in [2.24, 2.45) is 0 Å². The number of aldehydes is 1. The van der Waals surface area contributed by atoms with Gasteiger partial charge in [-0.25, -0.2) is 0 Å². The van der Waals surface area contributed by atoms with Gasteiger partial charge in [0.05, 0.1) is 17.0 Å². The molecular weight excluding hydrogens is 250 g/mol. The van der Waals surface area contributed by atoms with E-state index in [1.165, 1.54) is 18.2 Å². The SMILES string of the molecule is CCNC(=O)CN(C)c1ccc([N+](=O)[O-])c(C=O)c1. The largest absolute Gasteiger partial charge is 0.365 e. The number of hydrogen-bond acceptors (Lipinski definition) is 5. The summed E-state index contributed by atoms with van der Waals surface area (Å²) in [6.45, 7) is 2.46. The van der Waals surface area contributed by atoms with Gasteiger partial charge in [-0.05, 0) is 19.1 Å². The molecule has 0 fully saturated rings. The van der Waals surface area contributed by atoms with Crippen LogP contribution in [-0.4, -0.2) is 37.3 Å². The molecule has 1 rings (SSSR count). The van der Waals surface area contributed by atoms with E-state index in [0.29, 0.717) is 18.5 Å². The molecule has 1 N–H and O–H groups in total. The minimum absolute atomic E-state index is 0.00903. The van der Waals surface area contributed by atoms with Crippen molar-refractivity contribution in [1.29, 1.82) is 0 Å². The number of carbonyl (C=O) groups excluding carboxylic acids is 2. The molecule has 0 bridgehead atoms. The Hall–Kier alpha value is -2.44. The fourth-order valence-electron chi connectivity index (χ4n) is 1.60. The maximum atomic E-state index is 11.4. The van der Waals surface area contributed by atoms with E-state index in [4.69, 9.17) is 0 Å². The van der Waals surface area contributed by atoms with Gasteiger partial charge in [-0.3, -0.25) is 19.7 Å². The fraction of sp³-hybridized carbons (Fsp3) is 0.333. The molecule has 0 atom stereocenters. The Morgan fingerprint density at radius 2 is 2.21 bits per heavy atom. The first-order valence-electron chi connectivity index (χ1n) is 5.71. The monoisotopic (exact) mass is 265 g/mol. The lowest BCUT2D eigenvalue weighted by Gasteiger charge is -2.18. The summed E-state index contributed by atoms with van der Waals surface area (Å²) in [5, 5.41) is 13.3. The van der Waals surface area contributed by atoms with Gasteiger partial charge < -0.3 is 10.2 Å². The summed E-state index contributed by atoms with van der Waals surface area (Å²) >= 11 is 0. The Kier molecular flexibility index (Phi) is 4.99. The molecule has 0 saturated carbocycles. The molecule has 7 nitrogen and oxygen atoms in total. The zero-order chi connectivity index (χ0) is 14.4. The number of anilines is 1. The number of nitrogens with one attached hydrogen (secondary N) is 1. The van der Waals surface area contributed by atoms with E-state index in [1.54, 1.807) is 11.9 Å². The summed E-state index contributed by atoms with van der Waals surface area (Å²) in [4.78, 5) is 33.9. The van der Waals surface area contributed by atoms with E-state index >= 15 is 0 Å². The predicted molar refractivity (Wildman–Crippen MR) is 70.4 cm³/mol. The maximum absolute atomic E-state index is 11.4. The molecule has 1 aromatic carbocycles. The molecule has 0 unspecified atom stereocenters. The van der Waals surface area contributed by atoms with E-state index in [-0.39, 0.29) is 23.7 Å². The minimum Gasteiger partial charge on any atom is -0.365 e. The number of amides is 1. The fourth-order valence-corrected chi connectivity index (χ4v) is 1.60. The first-order chi connectivity index (χ1) is 8.99. The van der Waals surface area contributed by atoms with Crippen LogP contribution in [0.1, 0.15) is 17.3 Å². The van der Waals surface area contributed by atoms with Gasteiger partial charge >= 0.3 is 0 Å². The average molecular weight is 265 g/mol. The van der Waals surface area contributed by atoms with Gasteiger partial charge in [0, 0.05) is 25.3 Å². The second kappa shape index (κ2) is 6.48. The molecule has 102 valence electrons. The summed E-state index contributed by atoms with van der Waals surface area (Å²) in [5.74, 6) is -0.156. The number of likely N-dealkylation sites (N-methyl/N-ethyl adjacent to an activating group) is 2. The van der Waals surface area contributed by atoms with Gasteiger partial charge in [0.15, 0.2) is 6.29 Å². The van der Waals surface area contributed by atoms with Crippen LogP contribution in [0.5, 0.6) is 0 Å². The lowest BCUT2D eigenvalue weighted by Crippen LogP contribution is -2.34. The van der Waals surface area contributed by atoms with Crippen molar-refractivity contribution in [1.82, 2.24) is 5.32 Å². The van der Waals surface area contributed by atoms with Crippen molar-refractivity contribution in [3.8, 4) is 0 Å². The number of nitro benzene ring substituents is 1. The van der Waals surface area contributed by atoms with E-state index in [9.17, 15) is 19.7 Å². The van der Waals surface area contributed by atoms with Crippen LogP contribution in [0.4, 0.5) is 11.4 Å². The second-order valence-electron chi connectivity index (χ2n) is 3.93. The Morgan fingerprint density at radius 3 is 2.74 bits per heavy atom. The van der Waals surface area contributed by atoms with Crippen molar-refractivity contribution in [2.75, 3.05) is 25.0 Å². The van der Waals surface area contributed by atoms with Crippen LogP contribution in [0.3, 0.4) is 0 Å². The standard InChI is InChI=1S/C12H15N3O4/c1-3-13-12(17)7-14(2)10-4-5-11(15(18)19)9(6-10)8-16/h4-6,8H,3,7H2,1-2H3,(H,13,17). The van der Waals surface area contributed by atoms with Gasteiger partial charge in [0.2, 0.25) is 5.91 Å². The number of nitrogens with zero attached hydrogens (tertiary/aromatic N) is 2. The van der Waals surface area contributed by atoms with Crippen molar-refractivity contribution < 1.29 is 14.5 Å². The molecule has 0 radical (unpaired) electrons. The molecular formula is C12H15N3O4. The lowest BCUT2D eigenvalue weighted by atomic mass is 10.1. The molecule has 0 aliphatic rings. The Morgan fingerprint density at radius 1 is 1.53 bits per heavy atom. The predicted octanol–water partition coefficient (Wildman–Crippen LogP) is 0.980. The van der Waals surface area contributed by atoms with Crippen LogP contribution in [0.25, 0.3) is 0 Å². The third kappa shape index (κ3) is 3.77. The highest BCUT2D eigenvalue weighted by atomic mass is 16.6.